The maximum Gasteiger partial charge on any atom is 0.159 e. The van der Waals surface area contributed by atoms with Crippen molar-refractivity contribution >= 4 is 0 Å². The number of nitrogens with one attached hydrogen (secondary N) is 1. The van der Waals surface area contributed by atoms with Gasteiger partial charge in [0, 0.05) is 5.54 Å². The van der Waals surface area contributed by atoms with Crippen molar-refractivity contribution in [3.63, 3.8) is 0 Å². The first kappa shape index (κ1) is 16.0. The van der Waals surface area contributed by atoms with Crippen LogP contribution in [0.25, 0.3) is 0 Å². The molecule has 3 nitrogen and oxygen atoms in total. The van der Waals surface area contributed by atoms with Crippen molar-refractivity contribution < 1.29 is 8.78 Å². The van der Waals surface area contributed by atoms with E-state index >= 15 is 0 Å². The van der Waals surface area contributed by atoms with Crippen LogP contribution in [0, 0.1) is 11.6 Å². The first-order chi connectivity index (χ1) is 8.92. The molecule has 1 unspecified atom stereocenters. The first-order valence-electron chi connectivity index (χ1n) is 6.51. The number of likely N-dealkylation sites (N-methyl/N-ethyl adjacent to an activating group) is 1. The summed E-state index contributed by atoms with van der Waals surface area (Å²) in [5.41, 5.74) is 3.16. The van der Waals surface area contributed by atoms with Gasteiger partial charge < -0.3 is 4.90 Å². The molecule has 3 N–H and O–H groups in total. The van der Waals surface area contributed by atoms with Crippen LogP contribution in [0.1, 0.15) is 38.3 Å². The summed E-state index contributed by atoms with van der Waals surface area (Å²) >= 11 is 0. The van der Waals surface area contributed by atoms with Crippen LogP contribution in [0.4, 0.5) is 8.78 Å². The molecule has 0 radical (unpaired) electrons. The number of nitrogens with two attached hydrogens (primary N) is 1. The Hall–Kier alpha value is -1.04. The van der Waals surface area contributed by atoms with E-state index in [1.54, 1.807) is 6.07 Å². The Morgan fingerprint density at radius 2 is 1.79 bits per heavy atom. The van der Waals surface area contributed by atoms with Gasteiger partial charge in [-0.3, -0.25) is 11.3 Å². The fourth-order valence-electron chi connectivity index (χ4n) is 2.80. The molecule has 5 heteroatoms. The van der Waals surface area contributed by atoms with Crippen molar-refractivity contribution in [2.24, 2.45) is 5.84 Å². The third-order valence-corrected chi connectivity index (χ3v) is 4.10. The number of hydrogen-bond donors (Lipinski definition) is 2. The number of rotatable bonds is 6. The zero-order valence-corrected chi connectivity index (χ0v) is 12.0. The largest absolute Gasteiger partial charge is 0.302 e. The predicted octanol–water partition coefficient (Wildman–Crippen LogP) is 2.59. The molecule has 0 heterocycles. The molecule has 0 spiro atoms. The minimum Gasteiger partial charge on any atom is -0.302 e. The Balaban J connectivity index is 3.27. The zero-order valence-electron chi connectivity index (χ0n) is 12.0. The SMILES string of the molecule is CCC(CC)(C(NN)c1ccc(F)c(F)c1)N(C)C. The minimum absolute atomic E-state index is 0.251. The van der Waals surface area contributed by atoms with Crippen molar-refractivity contribution in [1.29, 1.82) is 0 Å². The van der Waals surface area contributed by atoms with Gasteiger partial charge in [0.15, 0.2) is 11.6 Å². The van der Waals surface area contributed by atoms with E-state index in [-0.39, 0.29) is 11.6 Å². The van der Waals surface area contributed by atoms with Gasteiger partial charge in [0.25, 0.3) is 0 Å². The molecule has 1 rings (SSSR count). The molecule has 0 saturated heterocycles. The van der Waals surface area contributed by atoms with Gasteiger partial charge in [0.05, 0.1) is 6.04 Å². The van der Waals surface area contributed by atoms with E-state index < -0.39 is 11.6 Å². The second-order valence-electron chi connectivity index (χ2n) is 4.98. The van der Waals surface area contributed by atoms with Gasteiger partial charge in [-0.05, 0) is 44.6 Å². The fourth-order valence-corrected chi connectivity index (χ4v) is 2.80. The van der Waals surface area contributed by atoms with Gasteiger partial charge in [-0.2, -0.15) is 0 Å². The Bertz CT molecular complexity index is 417. The molecule has 1 aromatic carbocycles. The van der Waals surface area contributed by atoms with E-state index in [4.69, 9.17) is 5.84 Å². The molecule has 19 heavy (non-hydrogen) atoms. The van der Waals surface area contributed by atoms with E-state index in [0.717, 1.165) is 18.9 Å². The summed E-state index contributed by atoms with van der Waals surface area (Å²) in [6, 6.07) is 3.66. The van der Waals surface area contributed by atoms with Crippen LogP contribution in [0.2, 0.25) is 0 Å². The van der Waals surface area contributed by atoms with Crippen LogP contribution >= 0.6 is 0 Å². The van der Waals surface area contributed by atoms with E-state index in [0.29, 0.717) is 5.56 Å². The van der Waals surface area contributed by atoms with Gasteiger partial charge in [0.1, 0.15) is 0 Å². The lowest BCUT2D eigenvalue weighted by molar-refractivity contribution is 0.0880. The molecule has 0 bridgehead atoms. The van der Waals surface area contributed by atoms with Gasteiger partial charge >= 0.3 is 0 Å². The van der Waals surface area contributed by atoms with Gasteiger partial charge in [-0.25, -0.2) is 8.78 Å². The smallest absolute Gasteiger partial charge is 0.159 e. The normalized spacial score (nSPS) is 13.9. The topological polar surface area (TPSA) is 41.3 Å². The Kier molecular flexibility index (Phi) is 5.40. The second kappa shape index (κ2) is 6.41. The highest BCUT2D eigenvalue weighted by Gasteiger charge is 2.38. The monoisotopic (exact) mass is 271 g/mol. The number of hydrazine groups is 1. The van der Waals surface area contributed by atoms with Crippen molar-refractivity contribution in [2.45, 2.75) is 38.3 Å². The summed E-state index contributed by atoms with van der Waals surface area (Å²) < 4.78 is 26.5. The first-order valence-corrected chi connectivity index (χ1v) is 6.51. The molecule has 108 valence electrons. The van der Waals surface area contributed by atoms with Crippen LogP contribution in [0.15, 0.2) is 18.2 Å². The van der Waals surface area contributed by atoms with Gasteiger partial charge in [0.2, 0.25) is 0 Å². The van der Waals surface area contributed by atoms with Crippen LogP contribution in [0.3, 0.4) is 0 Å². The molecule has 0 aliphatic carbocycles. The van der Waals surface area contributed by atoms with Crippen LogP contribution in [-0.2, 0) is 0 Å². The lowest BCUT2D eigenvalue weighted by Gasteiger charge is -2.45. The maximum atomic E-state index is 13.4. The van der Waals surface area contributed by atoms with Crippen molar-refractivity contribution in [2.75, 3.05) is 14.1 Å². The van der Waals surface area contributed by atoms with Crippen molar-refractivity contribution in [3.05, 3.63) is 35.4 Å². The Labute approximate surface area is 113 Å². The van der Waals surface area contributed by atoms with E-state index in [9.17, 15) is 8.78 Å². The summed E-state index contributed by atoms with van der Waals surface area (Å²) in [5.74, 6) is 3.98. The third kappa shape index (κ3) is 2.94. The molecular formula is C14H23F2N3. The summed E-state index contributed by atoms with van der Waals surface area (Å²) in [4.78, 5) is 2.08. The molecule has 0 amide bonds. The van der Waals surface area contributed by atoms with E-state index in [1.807, 2.05) is 14.1 Å². The van der Waals surface area contributed by atoms with Gasteiger partial charge in [-0.1, -0.05) is 19.9 Å². The maximum absolute atomic E-state index is 13.4. The molecular weight excluding hydrogens is 248 g/mol. The second-order valence-corrected chi connectivity index (χ2v) is 4.98. The summed E-state index contributed by atoms with van der Waals surface area (Å²) in [7, 11) is 3.94. The number of benzene rings is 1. The van der Waals surface area contributed by atoms with Crippen molar-refractivity contribution in [1.82, 2.24) is 10.3 Å². The molecule has 1 atom stereocenters. The third-order valence-electron chi connectivity index (χ3n) is 4.10. The summed E-state index contributed by atoms with van der Waals surface area (Å²) in [5, 5.41) is 0. The standard InChI is InChI=1S/C14H23F2N3/c1-5-14(6-2,19(3)4)13(18-17)10-7-8-11(15)12(16)9-10/h7-9,13,18H,5-6,17H2,1-4H3. The Morgan fingerprint density at radius 1 is 1.21 bits per heavy atom. The van der Waals surface area contributed by atoms with E-state index in [1.165, 1.54) is 6.07 Å². The highest BCUT2D eigenvalue weighted by Crippen LogP contribution is 2.35. The van der Waals surface area contributed by atoms with Crippen molar-refractivity contribution in [3.8, 4) is 0 Å². The fraction of sp³-hybridized carbons (Fsp3) is 0.571. The summed E-state index contributed by atoms with van der Waals surface area (Å²) in [6.07, 6.45) is 1.68. The molecule has 0 aliphatic rings. The number of halogens is 2. The molecule has 0 aliphatic heterocycles. The molecule has 0 saturated carbocycles. The van der Waals surface area contributed by atoms with Crippen LogP contribution in [-0.4, -0.2) is 24.5 Å². The average molecular weight is 271 g/mol. The Morgan fingerprint density at radius 3 is 2.16 bits per heavy atom. The molecule has 0 fully saturated rings. The van der Waals surface area contributed by atoms with Crippen LogP contribution < -0.4 is 11.3 Å². The molecule has 1 aromatic rings. The summed E-state index contributed by atoms with van der Waals surface area (Å²) in [6.45, 7) is 4.13. The minimum atomic E-state index is -0.849. The average Bonchev–Trinajstić information content (AvgIpc) is 2.39. The number of nitrogens with zero attached hydrogens (tertiary/aromatic N) is 1. The quantitative estimate of drug-likeness (QED) is 0.617. The van der Waals surface area contributed by atoms with E-state index in [2.05, 4.69) is 24.2 Å². The predicted molar refractivity (Wildman–Crippen MR) is 73.4 cm³/mol. The van der Waals surface area contributed by atoms with Gasteiger partial charge in [-0.15, -0.1) is 0 Å². The highest BCUT2D eigenvalue weighted by atomic mass is 19.2. The lowest BCUT2D eigenvalue weighted by Crippen LogP contribution is -2.54. The van der Waals surface area contributed by atoms with Crippen LogP contribution in [0.5, 0.6) is 0 Å². The zero-order chi connectivity index (χ0) is 14.6. The number of hydrogen-bond acceptors (Lipinski definition) is 3. The molecule has 0 aromatic heterocycles. The lowest BCUT2D eigenvalue weighted by atomic mass is 9.80. The highest BCUT2D eigenvalue weighted by molar-refractivity contribution is 5.25.